The first-order chi connectivity index (χ1) is 43.0. The predicted molar refractivity (Wildman–Crippen MR) is 368 cm³/mol. The van der Waals surface area contributed by atoms with Gasteiger partial charge in [-0.15, -0.1) is 47.5 Å². The van der Waals surface area contributed by atoms with E-state index >= 15 is 0 Å². The number of ether oxygens (including phenoxy) is 3. The molecule has 8 heterocycles. The van der Waals surface area contributed by atoms with E-state index in [4.69, 9.17) is 27.8 Å². The topological polar surface area (TPSA) is 160 Å². The maximum Gasteiger partial charge on any atom is 0.185 e. The van der Waals surface area contributed by atoms with Gasteiger partial charge in [-0.3, -0.25) is 0 Å². The molecule has 21 heteroatoms. The number of aromatic nitrogens is 5. The number of thiazole rings is 2. The van der Waals surface area contributed by atoms with Crippen LogP contribution in [0.5, 0.6) is 17.2 Å². The molecule has 5 aromatic heterocycles. The van der Waals surface area contributed by atoms with Crippen LogP contribution in [0.1, 0.15) is 130 Å². The second-order valence-corrected chi connectivity index (χ2v) is 28.7. The molecule has 3 aromatic carbocycles. The van der Waals surface area contributed by atoms with Crippen molar-refractivity contribution in [3.63, 3.8) is 0 Å². The molecule has 0 bridgehead atoms. The lowest BCUT2D eigenvalue weighted by molar-refractivity contribution is 0.289. The van der Waals surface area contributed by atoms with Crippen molar-refractivity contribution < 1.29 is 27.8 Å². The van der Waals surface area contributed by atoms with Gasteiger partial charge in [0.1, 0.15) is 17.2 Å². The van der Waals surface area contributed by atoms with Crippen LogP contribution < -0.4 is 29.3 Å². The fourth-order valence-electron chi connectivity index (χ4n) is 12.9. The molecule has 6 aliphatic rings. The van der Waals surface area contributed by atoms with E-state index in [9.17, 15) is 0 Å². The van der Waals surface area contributed by atoms with Gasteiger partial charge >= 0.3 is 0 Å². The third kappa shape index (κ3) is 18.3. The molecule has 90 heavy (non-hydrogen) atoms. The molecule has 0 amide bonds. The van der Waals surface area contributed by atoms with Crippen LogP contribution in [-0.4, -0.2) is 142 Å². The molecule has 0 radical (unpaired) electrons. The van der Waals surface area contributed by atoms with Crippen molar-refractivity contribution >= 4 is 90.7 Å². The van der Waals surface area contributed by atoms with Crippen molar-refractivity contribution in [1.29, 1.82) is 0 Å². The summed E-state index contributed by atoms with van der Waals surface area (Å²) in [6.07, 6.45) is 25.5. The van der Waals surface area contributed by atoms with Gasteiger partial charge in [-0.25, -0.2) is 9.97 Å². The quantitative estimate of drug-likeness (QED) is 0.0545. The first-order valence-electron chi connectivity index (χ1n) is 33.1. The molecule has 3 aliphatic carbocycles. The van der Waals surface area contributed by atoms with E-state index < -0.39 is 0 Å². The lowest BCUT2D eigenvalue weighted by Crippen LogP contribution is -2.33. The third-order valence-electron chi connectivity index (χ3n) is 18.7. The van der Waals surface area contributed by atoms with Gasteiger partial charge in [0, 0.05) is 85.1 Å². The molecule has 17 nitrogen and oxygen atoms in total. The largest absolute Gasteiger partial charge is 0.493 e. The van der Waals surface area contributed by atoms with Crippen LogP contribution in [0.15, 0.2) is 73.1 Å². The Bertz CT molecular complexity index is 3270. The van der Waals surface area contributed by atoms with Gasteiger partial charge in [-0.05, 0) is 243 Å². The van der Waals surface area contributed by atoms with Crippen LogP contribution in [0.2, 0.25) is 0 Å². The Morgan fingerprint density at radius 1 is 0.444 bits per heavy atom. The molecule has 0 atom stereocenters. The third-order valence-corrected chi connectivity index (χ3v) is 20.4. The van der Waals surface area contributed by atoms with Crippen LogP contribution in [0.3, 0.4) is 0 Å². The zero-order valence-corrected chi connectivity index (χ0v) is 57.3. The van der Waals surface area contributed by atoms with Crippen LogP contribution in [0.25, 0.3) is 32.9 Å². The molecule has 0 spiro atoms. The Balaban J connectivity index is 0.000000148. The fourth-order valence-corrected chi connectivity index (χ4v) is 14.3. The number of fused-ring (bicyclic) bond motifs is 3. The zero-order chi connectivity index (χ0) is 60.3. The number of halogens is 2. The first kappa shape index (κ1) is 67.6. The minimum absolute atomic E-state index is 0. The van der Waals surface area contributed by atoms with Crippen molar-refractivity contribution in [2.24, 2.45) is 35.5 Å². The summed E-state index contributed by atoms with van der Waals surface area (Å²) in [5, 5.41) is 26.7. The Kier molecular flexibility index (Phi) is 24.5. The molecule has 3 saturated heterocycles. The average Bonchev–Trinajstić information content (AvgIpc) is 2.05. The summed E-state index contributed by atoms with van der Waals surface area (Å²) < 4.78 is 36.0. The number of nitrogens with one attached hydrogen (secondary N) is 1. The Labute approximate surface area is 553 Å². The number of nitrogens with zero attached hydrogens (tertiary/aromatic N) is 10. The van der Waals surface area contributed by atoms with E-state index in [1.807, 2.05) is 12.4 Å². The summed E-state index contributed by atoms with van der Waals surface area (Å²) in [5.74, 6) is 7.36. The second-order valence-electron chi connectivity index (χ2n) is 26.9. The van der Waals surface area contributed by atoms with Crippen molar-refractivity contribution in [2.75, 3.05) is 111 Å². The Morgan fingerprint density at radius 2 is 0.767 bits per heavy atom. The summed E-state index contributed by atoms with van der Waals surface area (Å²) in [5.41, 5.74) is 9.37. The molecule has 8 aromatic rings. The van der Waals surface area contributed by atoms with Gasteiger partial charge < -0.3 is 57.6 Å². The van der Waals surface area contributed by atoms with Crippen molar-refractivity contribution in [3.05, 3.63) is 93.3 Å². The van der Waals surface area contributed by atoms with Crippen LogP contribution in [0, 0.1) is 35.5 Å². The maximum atomic E-state index is 6.15. The first-order valence-corrected chi connectivity index (χ1v) is 34.8. The number of aryl methyl sites for hydroxylation is 3. The molecular weight excluding hydrogens is 1210 g/mol. The van der Waals surface area contributed by atoms with Gasteiger partial charge in [0.05, 0.1) is 53.6 Å². The van der Waals surface area contributed by atoms with Gasteiger partial charge in [0.2, 0.25) is 0 Å². The smallest absolute Gasteiger partial charge is 0.185 e. The van der Waals surface area contributed by atoms with Crippen LogP contribution in [0.4, 0.5) is 10.3 Å². The molecule has 1 N–H and O–H groups in total. The number of rotatable bonds is 26. The van der Waals surface area contributed by atoms with Gasteiger partial charge in [0.15, 0.2) is 27.0 Å². The molecular formula is C69H97Cl2N11O6S2. The number of hydrogen-bond donors (Lipinski definition) is 1. The molecule has 0 unspecified atom stereocenters. The predicted octanol–water partition coefficient (Wildman–Crippen LogP) is 14.4. The molecule has 3 saturated carbocycles. The fraction of sp³-hybridized carbons (Fsp3) is 0.609. The SMILES string of the molecule is CN(C)Cc1c(OCC2CC2)ccc2c(CCC3CCN(c4nccs4)CC3)noc12.CN(C)Cc1c(OCC2CC2)ccc2c(CCC3CCN(c4nccs4)CC3)noc12.CN(C)Cc1c(OCC2CC2)ccc2c(CCC3CCNCC3)noc12.Cl.Cl. The number of piperidine rings is 3. The summed E-state index contributed by atoms with van der Waals surface area (Å²) >= 11 is 3.47. The van der Waals surface area contributed by atoms with E-state index in [1.165, 1.54) is 83.5 Å². The van der Waals surface area contributed by atoms with Crippen molar-refractivity contribution in [1.82, 2.24) is 45.5 Å². The second kappa shape index (κ2) is 32.5. The van der Waals surface area contributed by atoms with Crippen molar-refractivity contribution in [2.45, 2.75) is 135 Å². The van der Waals surface area contributed by atoms with Gasteiger partial charge in [-0.1, -0.05) is 15.5 Å². The summed E-state index contributed by atoms with van der Waals surface area (Å²) in [6, 6.07) is 12.8. The van der Waals surface area contributed by atoms with E-state index in [0.717, 1.165) is 241 Å². The number of hydrogen-bond acceptors (Lipinski definition) is 19. The summed E-state index contributed by atoms with van der Waals surface area (Å²) in [6.45, 7) is 11.6. The highest BCUT2D eigenvalue weighted by atomic mass is 35.5. The van der Waals surface area contributed by atoms with Crippen LogP contribution >= 0.6 is 47.5 Å². The number of benzene rings is 3. The van der Waals surface area contributed by atoms with Gasteiger partial charge in [-0.2, -0.15) is 0 Å². The molecule has 6 fully saturated rings. The number of anilines is 2. The molecule has 3 aliphatic heterocycles. The highest BCUT2D eigenvalue weighted by molar-refractivity contribution is 7.13. The van der Waals surface area contributed by atoms with E-state index in [0.29, 0.717) is 0 Å². The average molecular weight is 1310 g/mol. The lowest BCUT2D eigenvalue weighted by atomic mass is 9.91. The van der Waals surface area contributed by atoms with E-state index in [2.05, 4.69) is 145 Å². The lowest BCUT2D eigenvalue weighted by Gasteiger charge is -2.31. The van der Waals surface area contributed by atoms with Crippen LogP contribution in [-0.2, 0) is 38.9 Å². The Hall–Kier alpha value is -5.25. The summed E-state index contributed by atoms with van der Waals surface area (Å²) in [4.78, 5) is 20.2. The molecule has 490 valence electrons. The minimum atomic E-state index is 0. The normalized spacial score (nSPS) is 17.6. The van der Waals surface area contributed by atoms with Gasteiger partial charge in [0.25, 0.3) is 0 Å². The summed E-state index contributed by atoms with van der Waals surface area (Å²) in [7, 11) is 12.5. The van der Waals surface area contributed by atoms with E-state index in [1.54, 1.807) is 22.7 Å². The minimum Gasteiger partial charge on any atom is -0.493 e. The highest BCUT2D eigenvalue weighted by Crippen LogP contribution is 2.39. The zero-order valence-electron chi connectivity index (χ0n) is 54.0. The molecule has 14 rings (SSSR count). The monoisotopic (exact) mass is 1310 g/mol. The standard InChI is InChI=1S/2C24H32N4O2S.C21H31N3O2.2ClH/c2*1-27(2)15-20-22(29-16-18-3-4-18)8-6-19-21(26-30-23(19)20)7-5-17-9-12-28(13-10-17)24-25-11-14-31-24;1-24(2)13-18-20(25-14-16-3-4-16)8-6-17-19(23-26-21(17)18)7-5-15-9-11-22-12-10-15;;/h2*6,8,11,14,17-18H,3-5,7,9-10,12-13,15-16H2,1-2H3;6,8,15-16,22H,3-5,7,9-14H2,1-2H3;2*1H. The maximum absolute atomic E-state index is 6.15. The van der Waals surface area contributed by atoms with Crippen molar-refractivity contribution in [3.8, 4) is 17.2 Å². The van der Waals surface area contributed by atoms with E-state index in [-0.39, 0.29) is 24.8 Å². The highest BCUT2D eigenvalue weighted by Gasteiger charge is 2.29. The Morgan fingerprint density at radius 3 is 1.06 bits per heavy atom.